The first-order valence-electron chi connectivity index (χ1n) is 7.32. The van der Waals surface area contributed by atoms with Crippen molar-refractivity contribution in [2.24, 2.45) is 0 Å². The maximum absolute atomic E-state index is 9.99. The Labute approximate surface area is 105 Å². The van der Waals surface area contributed by atoms with Gasteiger partial charge in [-0.05, 0) is 64.2 Å². The number of rotatable bonds is 6. The Hall–Kier alpha value is -0.340. The van der Waals surface area contributed by atoms with Gasteiger partial charge in [-0.3, -0.25) is 0 Å². The maximum atomic E-state index is 9.99. The minimum absolute atomic E-state index is 0.124. The molecule has 1 heterocycles. The van der Waals surface area contributed by atoms with Crippen LogP contribution in [0, 0.1) is 0 Å². The molecule has 1 fully saturated rings. The Bertz CT molecular complexity index is 241. The van der Waals surface area contributed by atoms with Gasteiger partial charge in [-0.1, -0.05) is 11.6 Å². The van der Waals surface area contributed by atoms with Crippen LogP contribution in [0.1, 0.15) is 64.2 Å². The van der Waals surface area contributed by atoms with Crippen LogP contribution < -0.4 is 0 Å². The summed E-state index contributed by atoms with van der Waals surface area (Å²) in [6.07, 6.45) is 14.3. The van der Waals surface area contributed by atoms with Gasteiger partial charge in [0.15, 0.2) is 0 Å². The van der Waals surface area contributed by atoms with E-state index >= 15 is 0 Å². The van der Waals surface area contributed by atoms with Crippen molar-refractivity contribution in [1.82, 2.24) is 0 Å². The number of hydrogen-bond acceptors (Lipinski definition) is 2. The Balaban J connectivity index is 1.56. The molecule has 1 aliphatic carbocycles. The highest BCUT2D eigenvalue weighted by Gasteiger charge is 2.16. The standard InChI is InChI=1S/C15H26O2/c16-14(12-13-6-2-1-3-7-13)8-4-9-15-10-5-11-17-15/h6,14-16H,1-5,7-12H2. The molecule has 2 aliphatic rings. The molecule has 2 rings (SSSR count). The van der Waals surface area contributed by atoms with Crippen LogP contribution in [-0.2, 0) is 4.74 Å². The van der Waals surface area contributed by atoms with E-state index in [2.05, 4.69) is 6.08 Å². The predicted octanol–water partition coefficient (Wildman–Crippen LogP) is 3.59. The Morgan fingerprint density at radius 2 is 2.29 bits per heavy atom. The first kappa shape index (κ1) is 13.1. The Kier molecular flexibility index (Phi) is 5.53. The molecule has 2 unspecified atom stereocenters. The smallest absolute Gasteiger partial charge is 0.0577 e. The van der Waals surface area contributed by atoms with Crippen LogP contribution in [0.15, 0.2) is 11.6 Å². The van der Waals surface area contributed by atoms with Crippen molar-refractivity contribution >= 4 is 0 Å². The van der Waals surface area contributed by atoms with Gasteiger partial charge >= 0.3 is 0 Å². The zero-order valence-electron chi connectivity index (χ0n) is 10.9. The molecule has 2 heteroatoms. The summed E-state index contributed by atoms with van der Waals surface area (Å²) in [7, 11) is 0. The predicted molar refractivity (Wildman–Crippen MR) is 70.0 cm³/mol. The summed E-state index contributed by atoms with van der Waals surface area (Å²) in [5.41, 5.74) is 1.49. The Morgan fingerprint density at radius 1 is 1.35 bits per heavy atom. The van der Waals surface area contributed by atoms with Gasteiger partial charge in [-0.2, -0.15) is 0 Å². The topological polar surface area (TPSA) is 29.5 Å². The van der Waals surface area contributed by atoms with E-state index in [0.717, 1.165) is 32.3 Å². The molecule has 0 amide bonds. The van der Waals surface area contributed by atoms with E-state index in [1.807, 2.05) is 0 Å². The van der Waals surface area contributed by atoms with E-state index in [-0.39, 0.29) is 6.10 Å². The third-order valence-electron chi connectivity index (χ3n) is 3.97. The molecule has 0 aromatic rings. The summed E-state index contributed by atoms with van der Waals surface area (Å²) in [5, 5.41) is 9.99. The van der Waals surface area contributed by atoms with E-state index in [0.29, 0.717) is 6.10 Å². The molecule has 2 atom stereocenters. The van der Waals surface area contributed by atoms with Crippen LogP contribution in [0.2, 0.25) is 0 Å². The fraction of sp³-hybridized carbons (Fsp3) is 0.867. The molecular weight excluding hydrogens is 212 g/mol. The van der Waals surface area contributed by atoms with Gasteiger partial charge < -0.3 is 9.84 Å². The average molecular weight is 238 g/mol. The van der Waals surface area contributed by atoms with Crippen LogP contribution in [0.5, 0.6) is 0 Å². The van der Waals surface area contributed by atoms with Gasteiger partial charge in [0.2, 0.25) is 0 Å². The van der Waals surface area contributed by atoms with Crippen LogP contribution in [-0.4, -0.2) is 23.9 Å². The third kappa shape index (κ3) is 4.81. The lowest BCUT2D eigenvalue weighted by Crippen LogP contribution is -2.11. The number of ether oxygens (including phenoxy) is 1. The lowest BCUT2D eigenvalue weighted by molar-refractivity contribution is 0.0943. The van der Waals surface area contributed by atoms with Crippen molar-refractivity contribution in [2.75, 3.05) is 6.61 Å². The van der Waals surface area contributed by atoms with Crippen LogP contribution in [0.3, 0.4) is 0 Å². The molecule has 0 spiro atoms. The van der Waals surface area contributed by atoms with Crippen LogP contribution >= 0.6 is 0 Å². The van der Waals surface area contributed by atoms with Gasteiger partial charge in [0.25, 0.3) is 0 Å². The molecule has 17 heavy (non-hydrogen) atoms. The van der Waals surface area contributed by atoms with E-state index in [1.165, 1.54) is 44.1 Å². The summed E-state index contributed by atoms with van der Waals surface area (Å²) in [4.78, 5) is 0. The molecule has 0 saturated carbocycles. The minimum atomic E-state index is -0.124. The molecule has 1 saturated heterocycles. The zero-order valence-corrected chi connectivity index (χ0v) is 10.9. The second kappa shape index (κ2) is 7.17. The van der Waals surface area contributed by atoms with Crippen molar-refractivity contribution in [3.8, 4) is 0 Å². The number of allylic oxidation sites excluding steroid dienone is 1. The first-order chi connectivity index (χ1) is 8.34. The highest BCUT2D eigenvalue weighted by atomic mass is 16.5. The fourth-order valence-electron chi connectivity index (χ4n) is 2.95. The highest BCUT2D eigenvalue weighted by Crippen LogP contribution is 2.24. The second-order valence-corrected chi connectivity index (χ2v) is 5.53. The highest BCUT2D eigenvalue weighted by molar-refractivity contribution is 5.06. The molecule has 0 bridgehead atoms. The maximum Gasteiger partial charge on any atom is 0.0577 e. The van der Waals surface area contributed by atoms with Crippen molar-refractivity contribution in [1.29, 1.82) is 0 Å². The minimum Gasteiger partial charge on any atom is -0.393 e. The average Bonchev–Trinajstić information content (AvgIpc) is 2.83. The second-order valence-electron chi connectivity index (χ2n) is 5.53. The number of hydrogen-bond donors (Lipinski definition) is 1. The molecule has 0 radical (unpaired) electrons. The van der Waals surface area contributed by atoms with Crippen LogP contribution in [0.25, 0.3) is 0 Å². The first-order valence-corrected chi connectivity index (χ1v) is 7.32. The van der Waals surface area contributed by atoms with Gasteiger partial charge in [0.1, 0.15) is 0 Å². The Morgan fingerprint density at radius 3 is 3.00 bits per heavy atom. The van der Waals surface area contributed by atoms with Crippen molar-refractivity contribution < 1.29 is 9.84 Å². The van der Waals surface area contributed by atoms with Gasteiger partial charge in [0, 0.05) is 6.61 Å². The third-order valence-corrected chi connectivity index (χ3v) is 3.97. The monoisotopic (exact) mass is 238 g/mol. The summed E-state index contributed by atoms with van der Waals surface area (Å²) < 4.78 is 5.59. The SMILES string of the molecule is OC(CCCC1CCCO1)CC1=CCCCC1. The van der Waals surface area contributed by atoms with Crippen molar-refractivity contribution in [3.63, 3.8) is 0 Å². The van der Waals surface area contributed by atoms with Crippen molar-refractivity contribution in [2.45, 2.75) is 76.4 Å². The summed E-state index contributed by atoms with van der Waals surface area (Å²) in [6.45, 7) is 0.945. The molecule has 98 valence electrons. The number of aliphatic hydroxyl groups is 1. The quantitative estimate of drug-likeness (QED) is 0.717. The lowest BCUT2D eigenvalue weighted by Gasteiger charge is -2.17. The fourth-order valence-corrected chi connectivity index (χ4v) is 2.95. The lowest BCUT2D eigenvalue weighted by atomic mass is 9.93. The number of aliphatic hydroxyl groups excluding tert-OH is 1. The summed E-state index contributed by atoms with van der Waals surface area (Å²) in [6, 6.07) is 0. The molecular formula is C15H26O2. The van der Waals surface area contributed by atoms with Crippen LogP contribution in [0.4, 0.5) is 0 Å². The summed E-state index contributed by atoms with van der Waals surface area (Å²) in [5.74, 6) is 0. The van der Waals surface area contributed by atoms with Gasteiger partial charge in [-0.15, -0.1) is 0 Å². The van der Waals surface area contributed by atoms with Crippen molar-refractivity contribution in [3.05, 3.63) is 11.6 Å². The largest absolute Gasteiger partial charge is 0.393 e. The molecule has 1 aliphatic heterocycles. The molecule has 0 aromatic carbocycles. The van der Waals surface area contributed by atoms with Gasteiger partial charge in [-0.25, -0.2) is 0 Å². The molecule has 2 nitrogen and oxygen atoms in total. The van der Waals surface area contributed by atoms with E-state index in [4.69, 9.17) is 4.74 Å². The summed E-state index contributed by atoms with van der Waals surface area (Å²) >= 11 is 0. The van der Waals surface area contributed by atoms with Gasteiger partial charge in [0.05, 0.1) is 12.2 Å². The normalized spacial score (nSPS) is 26.9. The molecule has 1 N–H and O–H groups in total. The molecule has 0 aromatic heterocycles. The van der Waals surface area contributed by atoms with E-state index in [9.17, 15) is 5.11 Å². The zero-order chi connectivity index (χ0) is 11.9. The van der Waals surface area contributed by atoms with E-state index < -0.39 is 0 Å². The van der Waals surface area contributed by atoms with E-state index in [1.54, 1.807) is 0 Å².